The quantitative estimate of drug-likeness (QED) is 0.135. The standard InChI is InChI=1S/C29H40ClN3O3/c1-5-7-8-9-11-21(4)24-17-18-31-27(32-24)22-13-15-23(16-14-22)36-29(35)25-12-10-19-33(25)28(34)26(30)20(3)6-2/h13-18,20-21,25-26H,5-12,19H2,1-4H3/t20-,21?,25-,26-/m0/s1. The molecular formula is C29H40ClN3O3. The minimum absolute atomic E-state index is 0.0498. The fourth-order valence-electron chi connectivity index (χ4n) is 4.55. The number of likely N-dealkylation sites (tertiary alicyclic amines) is 1. The Hall–Kier alpha value is -2.47. The van der Waals surface area contributed by atoms with Gasteiger partial charge in [0.05, 0.1) is 0 Å². The van der Waals surface area contributed by atoms with E-state index < -0.39 is 17.4 Å². The van der Waals surface area contributed by atoms with Crippen LogP contribution in [0.25, 0.3) is 11.4 Å². The van der Waals surface area contributed by atoms with Crippen molar-refractivity contribution in [2.24, 2.45) is 5.92 Å². The second-order valence-corrected chi connectivity index (χ2v) is 10.4. The largest absolute Gasteiger partial charge is 0.425 e. The Morgan fingerprint density at radius 2 is 1.86 bits per heavy atom. The number of nitrogens with zero attached hydrogens (tertiary/aromatic N) is 3. The van der Waals surface area contributed by atoms with E-state index in [0.717, 1.165) is 30.5 Å². The molecule has 1 unspecified atom stereocenters. The van der Waals surface area contributed by atoms with Crippen molar-refractivity contribution in [3.05, 3.63) is 42.2 Å². The molecule has 1 aromatic carbocycles. The molecule has 1 saturated heterocycles. The summed E-state index contributed by atoms with van der Waals surface area (Å²) in [5.74, 6) is 0.932. The number of carbonyl (C=O) groups is 2. The maximum atomic E-state index is 12.9. The van der Waals surface area contributed by atoms with Gasteiger partial charge in [-0.15, -0.1) is 11.6 Å². The van der Waals surface area contributed by atoms with Crippen molar-refractivity contribution >= 4 is 23.5 Å². The van der Waals surface area contributed by atoms with E-state index in [2.05, 4.69) is 18.8 Å². The van der Waals surface area contributed by atoms with Crippen molar-refractivity contribution in [3.63, 3.8) is 0 Å². The van der Waals surface area contributed by atoms with Crippen LogP contribution in [0.3, 0.4) is 0 Å². The van der Waals surface area contributed by atoms with E-state index in [9.17, 15) is 9.59 Å². The molecule has 1 amide bonds. The van der Waals surface area contributed by atoms with E-state index in [1.165, 1.54) is 25.7 Å². The number of alkyl halides is 1. The molecule has 0 radical (unpaired) electrons. The third kappa shape index (κ3) is 7.28. The molecule has 196 valence electrons. The van der Waals surface area contributed by atoms with Gasteiger partial charge in [0, 0.05) is 24.0 Å². The Balaban J connectivity index is 1.62. The number of esters is 1. The molecule has 2 aromatic rings. The van der Waals surface area contributed by atoms with Crippen molar-refractivity contribution < 1.29 is 14.3 Å². The van der Waals surface area contributed by atoms with E-state index in [1.54, 1.807) is 17.0 Å². The molecule has 3 rings (SSSR count). The smallest absolute Gasteiger partial charge is 0.334 e. The molecular weight excluding hydrogens is 474 g/mol. The molecule has 1 aliphatic heterocycles. The summed E-state index contributed by atoms with van der Waals surface area (Å²) in [5.41, 5.74) is 1.92. The van der Waals surface area contributed by atoms with Crippen molar-refractivity contribution in [2.75, 3.05) is 6.54 Å². The van der Waals surface area contributed by atoms with Crippen LogP contribution in [0, 0.1) is 5.92 Å². The van der Waals surface area contributed by atoms with Crippen LogP contribution in [0.4, 0.5) is 0 Å². The van der Waals surface area contributed by atoms with Crippen molar-refractivity contribution in [2.45, 2.75) is 96.4 Å². The first-order chi connectivity index (χ1) is 17.3. The fourth-order valence-corrected chi connectivity index (χ4v) is 4.86. The summed E-state index contributed by atoms with van der Waals surface area (Å²) >= 11 is 6.38. The summed E-state index contributed by atoms with van der Waals surface area (Å²) in [5, 5.41) is -0.627. The Morgan fingerprint density at radius 1 is 1.11 bits per heavy atom. The van der Waals surface area contributed by atoms with Gasteiger partial charge in [-0.3, -0.25) is 4.79 Å². The van der Waals surface area contributed by atoms with Gasteiger partial charge in [-0.05, 0) is 61.4 Å². The maximum Gasteiger partial charge on any atom is 0.334 e. The van der Waals surface area contributed by atoms with E-state index in [1.807, 2.05) is 38.2 Å². The Bertz CT molecular complexity index is 998. The molecule has 0 aliphatic carbocycles. The van der Waals surface area contributed by atoms with Crippen LogP contribution < -0.4 is 4.74 Å². The van der Waals surface area contributed by atoms with Crippen LogP contribution in [0.2, 0.25) is 0 Å². The number of aromatic nitrogens is 2. The normalized spacial score (nSPS) is 18.0. The summed E-state index contributed by atoms with van der Waals surface area (Å²) in [6.45, 7) is 8.92. The number of halogens is 1. The van der Waals surface area contributed by atoms with Crippen LogP contribution in [0.15, 0.2) is 36.5 Å². The highest BCUT2D eigenvalue weighted by Gasteiger charge is 2.38. The number of benzene rings is 1. The third-order valence-electron chi connectivity index (χ3n) is 7.19. The predicted molar refractivity (Wildman–Crippen MR) is 144 cm³/mol. The zero-order valence-electron chi connectivity index (χ0n) is 22.1. The number of hydrogen-bond acceptors (Lipinski definition) is 5. The molecule has 1 aliphatic rings. The molecule has 7 heteroatoms. The van der Waals surface area contributed by atoms with Crippen LogP contribution in [0.5, 0.6) is 5.75 Å². The highest BCUT2D eigenvalue weighted by atomic mass is 35.5. The van der Waals surface area contributed by atoms with E-state index in [-0.39, 0.29) is 11.8 Å². The number of amides is 1. The zero-order chi connectivity index (χ0) is 26.1. The second-order valence-electron chi connectivity index (χ2n) is 9.98. The van der Waals surface area contributed by atoms with E-state index in [0.29, 0.717) is 30.5 Å². The fraction of sp³-hybridized carbons (Fsp3) is 0.586. The van der Waals surface area contributed by atoms with E-state index in [4.69, 9.17) is 21.3 Å². The monoisotopic (exact) mass is 513 g/mol. The second kappa shape index (κ2) is 13.7. The van der Waals surface area contributed by atoms with Gasteiger partial charge in [0.15, 0.2) is 5.82 Å². The van der Waals surface area contributed by atoms with E-state index >= 15 is 0 Å². The summed E-state index contributed by atoms with van der Waals surface area (Å²) < 4.78 is 5.65. The molecule has 0 bridgehead atoms. The number of ether oxygens (including phenoxy) is 1. The molecule has 0 N–H and O–H groups in total. The molecule has 1 aromatic heterocycles. The van der Waals surface area contributed by atoms with Crippen LogP contribution >= 0.6 is 11.6 Å². The molecule has 36 heavy (non-hydrogen) atoms. The Kier molecular flexibility index (Phi) is 10.7. The van der Waals surface area contributed by atoms with Crippen molar-refractivity contribution in [1.82, 2.24) is 14.9 Å². The highest BCUT2D eigenvalue weighted by Crippen LogP contribution is 2.27. The van der Waals surface area contributed by atoms with Crippen LogP contribution in [-0.4, -0.2) is 44.7 Å². The van der Waals surface area contributed by atoms with Gasteiger partial charge < -0.3 is 9.64 Å². The number of rotatable bonds is 12. The van der Waals surface area contributed by atoms with Gasteiger partial charge in [-0.2, -0.15) is 0 Å². The molecule has 0 spiro atoms. The molecule has 2 heterocycles. The zero-order valence-corrected chi connectivity index (χ0v) is 22.8. The number of carbonyl (C=O) groups excluding carboxylic acids is 2. The maximum absolute atomic E-state index is 12.9. The average Bonchev–Trinajstić information content (AvgIpc) is 3.40. The number of hydrogen-bond donors (Lipinski definition) is 0. The molecule has 4 atom stereocenters. The molecule has 1 fully saturated rings. The summed E-state index contributed by atoms with van der Waals surface area (Å²) in [4.78, 5) is 36.6. The minimum atomic E-state index is -0.627. The van der Waals surface area contributed by atoms with Gasteiger partial charge in [-0.1, -0.05) is 59.8 Å². The Labute approximate surface area is 220 Å². The number of unbranched alkanes of at least 4 members (excludes halogenated alkanes) is 3. The first kappa shape index (κ1) is 28.1. The average molecular weight is 514 g/mol. The molecule has 0 saturated carbocycles. The van der Waals surface area contributed by atoms with Gasteiger partial charge in [0.1, 0.15) is 17.2 Å². The van der Waals surface area contributed by atoms with Crippen LogP contribution in [-0.2, 0) is 9.59 Å². The van der Waals surface area contributed by atoms with Crippen molar-refractivity contribution in [3.8, 4) is 17.1 Å². The minimum Gasteiger partial charge on any atom is -0.425 e. The lowest BCUT2D eigenvalue weighted by atomic mass is 9.99. The lowest BCUT2D eigenvalue weighted by Crippen LogP contribution is -2.46. The lowest BCUT2D eigenvalue weighted by Gasteiger charge is -2.27. The van der Waals surface area contributed by atoms with Gasteiger partial charge in [-0.25, -0.2) is 14.8 Å². The highest BCUT2D eigenvalue weighted by molar-refractivity contribution is 6.31. The predicted octanol–water partition coefficient (Wildman–Crippen LogP) is 6.77. The van der Waals surface area contributed by atoms with Crippen LogP contribution in [0.1, 0.15) is 90.7 Å². The van der Waals surface area contributed by atoms with Crippen molar-refractivity contribution in [1.29, 1.82) is 0 Å². The molecule has 6 nitrogen and oxygen atoms in total. The Morgan fingerprint density at radius 3 is 2.56 bits per heavy atom. The first-order valence-electron chi connectivity index (χ1n) is 13.4. The third-order valence-corrected chi connectivity index (χ3v) is 7.81. The SMILES string of the molecule is CCCCCCC(C)c1ccnc(-c2ccc(OC(=O)[C@@H]3CCCN3C(=O)[C@@H](Cl)[C@@H](C)CC)cc2)n1. The first-order valence-corrected chi connectivity index (χ1v) is 13.9. The summed E-state index contributed by atoms with van der Waals surface area (Å²) in [6, 6.07) is 8.63. The topological polar surface area (TPSA) is 72.4 Å². The van der Waals surface area contributed by atoms with Gasteiger partial charge in [0.25, 0.3) is 0 Å². The van der Waals surface area contributed by atoms with Gasteiger partial charge >= 0.3 is 5.97 Å². The summed E-state index contributed by atoms with van der Waals surface area (Å²) in [7, 11) is 0. The van der Waals surface area contributed by atoms with Gasteiger partial charge in [0.2, 0.25) is 5.91 Å². The summed E-state index contributed by atoms with van der Waals surface area (Å²) in [6.07, 6.45) is 10.1. The lowest BCUT2D eigenvalue weighted by molar-refractivity contribution is -0.146.